The zero-order valence-electron chi connectivity index (χ0n) is 12.7. The summed E-state index contributed by atoms with van der Waals surface area (Å²) in [5.41, 5.74) is -0.0740. The molecule has 9 nitrogen and oxygen atoms in total. The molecule has 2 heterocycles. The van der Waals surface area contributed by atoms with Gasteiger partial charge in [0.05, 0.1) is 7.11 Å². The second-order valence-corrected chi connectivity index (χ2v) is 6.26. The van der Waals surface area contributed by atoms with E-state index in [9.17, 15) is 17.6 Å². The minimum absolute atomic E-state index is 0.0354. The molecule has 3 aromatic rings. The van der Waals surface area contributed by atoms with Gasteiger partial charge in [-0.3, -0.25) is 0 Å². The van der Waals surface area contributed by atoms with Crippen molar-refractivity contribution in [2.45, 2.75) is 5.03 Å². The molecule has 0 aliphatic heterocycles. The standard InChI is InChI=1S/C14H11FN4O5S/c1-23-11-8-7-10-16-12(15)13(19(10)17-11)25(21,22)18-14(20)24-9-5-3-2-4-6-9/h2-8H,1H3,(H,18,20). The predicted molar refractivity (Wildman–Crippen MR) is 82.3 cm³/mol. The Labute approximate surface area is 141 Å². The summed E-state index contributed by atoms with van der Waals surface area (Å²) < 4.78 is 50.7. The molecule has 0 aliphatic rings. The van der Waals surface area contributed by atoms with Gasteiger partial charge in [0.15, 0.2) is 5.65 Å². The Morgan fingerprint density at radius 3 is 2.60 bits per heavy atom. The first-order valence-corrected chi connectivity index (χ1v) is 8.28. The van der Waals surface area contributed by atoms with Crippen LogP contribution < -0.4 is 14.2 Å². The van der Waals surface area contributed by atoms with Crippen molar-refractivity contribution in [1.29, 1.82) is 0 Å². The van der Waals surface area contributed by atoms with Crippen LogP contribution in [0, 0.1) is 5.95 Å². The van der Waals surface area contributed by atoms with Gasteiger partial charge in [0.1, 0.15) is 5.75 Å². The number of benzene rings is 1. The number of amides is 1. The molecular weight excluding hydrogens is 355 g/mol. The topological polar surface area (TPSA) is 112 Å². The minimum Gasteiger partial charge on any atom is -0.480 e. The molecule has 3 rings (SSSR count). The van der Waals surface area contributed by atoms with E-state index in [1.54, 1.807) is 22.9 Å². The summed E-state index contributed by atoms with van der Waals surface area (Å²) in [6, 6.07) is 10.5. The Kier molecular flexibility index (Phi) is 4.23. The van der Waals surface area contributed by atoms with Gasteiger partial charge in [-0.05, 0) is 18.2 Å². The van der Waals surface area contributed by atoms with Gasteiger partial charge in [-0.25, -0.2) is 9.52 Å². The first kappa shape index (κ1) is 16.6. The molecule has 1 N–H and O–H groups in total. The van der Waals surface area contributed by atoms with Crippen LogP contribution in [-0.2, 0) is 10.0 Å². The number of para-hydroxylation sites is 1. The maximum atomic E-state index is 14.0. The maximum absolute atomic E-state index is 14.0. The van der Waals surface area contributed by atoms with Gasteiger partial charge >= 0.3 is 6.09 Å². The number of carbonyl (C=O) groups is 1. The third-order valence-corrected chi connectivity index (χ3v) is 4.29. The van der Waals surface area contributed by atoms with Crippen LogP contribution in [0.2, 0.25) is 0 Å². The molecule has 11 heteroatoms. The van der Waals surface area contributed by atoms with Crippen molar-refractivity contribution in [3.63, 3.8) is 0 Å². The molecule has 0 bridgehead atoms. The summed E-state index contributed by atoms with van der Waals surface area (Å²) in [4.78, 5) is 15.2. The number of imidazole rings is 1. The minimum atomic E-state index is -4.64. The second kappa shape index (κ2) is 6.36. The number of nitrogens with one attached hydrogen (secondary N) is 1. The number of aromatic nitrogens is 3. The Bertz CT molecular complexity index is 1040. The lowest BCUT2D eigenvalue weighted by Gasteiger charge is -2.07. The summed E-state index contributed by atoms with van der Waals surface area (Å²) >= 11 is 0. The van der Waals surface area contributed by atoms with E-state index in [0.29, 0.717) is 4.52 Å². The number of hydrogen-bond donors (Lipinski definition) is 1. The number of ether oxygens (including phenoxy) is 2. The maximum Gasteiger partial charge on any atom is 0.426 e. The van der Waals surface area contributed by atoms with Crippen molar-refractivity contribution in [1.82, 2.24) is 19.3 Å². The molecule has 130 valence electrons. The molecule has 0 spiro atoms. The molecule has 0 radical (unpaired) electrons. The van der Waals surface area contributed by atoms with E-state index in [0.717, 1.165) is 0 Å². The van der Waals surface area contributed by atoms with E-state index in [-0.39, 0.29) is 17.3 Å². The fourth-order valence-corrected chi connectivity index (χ4v) is 2.96. The van der Waals surface area contributed by atoms with Crippen LogP contribution in [0.4, 0.5) is 9.18 Å². The van der Waals surface area contributed by atoms with E-state index in [1.807, 2.05) is 0 Å². The number of carbonyl (C=O) groups excluding carboxylic acids is 1. The molecular formula is C14H11FN4O5S. The van der Waals surface area contributed by atoms with Crippen molar-refractivity contribution >= 4 is 21.8 Å². The summed E-state index contributed by atoms with van der Waals surface area (Å²) in [5.74, 6) is -1.16. The van der Waals surface area contributed by atoms with Gasteiger partial charge in [-0.15, -0.1) is 5.10 Å². The van der Waals surface area contributed by atoms with Gasteiger partial charge in [-0.1, -0.05) is 18.2 Å². The number of nitrogens with zero attached hydrogens (tertiary/aromatic N) is 3. The largest absolute Gasteiger partial charge is 0.480 e. The fourth-order valence-electron chi connectivity index (χ4n) is 1.98. The third kappa shape index (κ3) is 3.35. The van der Waals surface area contributed by atoms with Gasteiger partial charge < -0.3 is 9.47 Å². The molecule has 1 amide bonds. The summed E-state index contributed by atoms with van der Waals surface area (Å²) in [6.45, 7) is 0. The molecule has 0 fully saturated rings. The quantitative estimate of drug-likeness (QED) is 0.742. The number of rotatable bonds is 4. The van der Waals surface area contributed by atoms with Crippen LogP contribution in [0.25, 0.3) is 5.65 Å². The molecule has 0 aliphatic carbocycles. The zero-order valence-corrected chi connectivity index (χ0v) is 13.5. The van der Waals surface area contributed by atoms with Crippen LogP contribution in [0.15, 0.2) is 47.5 Å². The monoisotopic (exact) mass is 366 g/mol. The van der Waals surface area contributed by atoms with Crippen LogP contribution in [0.3, 0.4) is 0 Å². The number of hydrogen-bond acceptors (Lipinski definition) is 7. The molecule has 25 heavy (non-hydrogen) atoms. The molecule has 0 saturated carbocycles. The number of fused-ring (bicyclic) bond motifs is 1. The molecule has 0 atom stereocenters. The summed E-state index contributed by atoms with van der Waals surface area (Å²) in [5, 5.41) is 2.85. The Balaban J connectivity index is 1.93. The van der Waals surface area contributed by atoms with Crippen LogP contribution in [0.5, 0.6) is 11.6 Å². The van der Waals surface area contributed by atoms with E-state index in [1.165, 1.54) is 31.4 Å². The lowest BCUT2D eigenvalue weighted by molar-refractivity contribution is 0.206. The van der Waals surface area contributed by atoms with Crippen molar-refractivity contribution in [3.05, 3.63) is 48.4 Å². The SMILES string of the molecule is COc1ccc2nc(F)c(S(=O)(=O)NC(=O)Oc3ccccc3)n2n1. The zero-order chi connectivity index (χ0) is 18.0. The highest BCUT2D eigenvalue weighted by molar-refractivity contribution is 7.90. The lowest BCUT2D eigenvalue weighted by Crippen LogP contribution is -2.34. The van der Waals surface area contributed by atoms with Crippen LogP contribution in [0.1, 0.15) is 0 Å². The third-order valence-electron chi connectivity index (χ3n) is 3.01. The summed E-state index contributed by atoms with van der Waals surface area (Å²) in [7, 11) is -3.33. The van der Waals surface area contributed by atoms with Gasteiger partial charge in [0.25, 0.3) is 16.0 Å². The first-order valence-electron chi connectivity index (χ1n) is 6.79. The van der Waals surface area contributed by atoms with Crippen molar-refractivity contribution in [2.75, 3.05) is 7.11 Å². The Hall–Kier alpha value is -3.21. The van der Waals surface area contributed by atoms with E-state index < -0.39 is 27.1 Å². The average Bonchev–Trinajstić information content (AvgIpc) is 2.90. The van der Waals surface area contributed by atoms with Gasteiger partial charge in [0.2, 0.25) is 10.9 Å². The molecule has 1 aromatic carbocycles. The van der Waals surface area contributed by atoms with Crippen molar-refractivity contribution < 1.29 is 27.1 Å². The normalized spacial score (nSPS) is 11.3. The van der Waals surface area contributed by atoms with Crippen molar-refractivity contribution in [2.24, 2.45) is 0 Å². The molecule has 2 aromatic heterocycles. The van der Waals surface area contributed by atoms with Crippen molar-refractivity contribution in [3.8, 4) is 11.6 Å². The Morgan fingerprint density at radius 2 is 1.92 bits per heavy atom. The first-order chi connectivity index (χ1) is 11.9. The predicted octanol–water partition coefficient (Wildman–Crippen LogP) is 1.35. The number of sulfonamides is 1. The van der Waals surface area contributed by atoms with Gasteiger partial charge in [0, 0.05) is 6.07 Å². The second-order valence-electron chi connectivity index (χ2n) is 4.66. The number of halogens is 1. The highest BCUT2D eigenvalue weighted by Crippen LogP contribution is 2.18. The van der Waals surface area contributed by atoms with E-state index in [2.05, 4.69) is 10.1 Å². The molecule has 0 saturated heterocycles. The molecule has 0 unspecified atom stereocenters. The Morgan fingerprint density at radius 1 is 1.20 bits per heavy atom. The van der Waals surface area contributed by atoms with Crippen LogP contribution >= 0.6 is 0 Å². The number of methoxy groups -OCH3 is 1. The fraction of sp³-hybridized carbons (Fsp3) is 0.0714. The smallest absolute Gasteiger partial charge is 0.426 e. The van der Waals surface area contributed by atoms with E-state index in [4.69, 9.17) is 9.47 Å². The summed E-state index contributed by atoms with van der Waals surface area (Å²) in [6.07, 6.45) is -1.30. The highest BCUT2D eigenvalue weighted by atomic mass is 32.2. The van der Waals surface area contributed by atoms with Gasteiger partial charge in [-0.2, -0.15) is 22.3 Å². The van der Waals surface area contributed by atoms with Crippen LogP contribution in [-0.4, -0.2) is 36.2 Å². The average molecular weight is 366 g/mol. The lowest BCUT2D eigenvalue weighted by atomic mass is 10.3. The highest BCUT2D eigenvalue weighted by Gasteiger charge is 2.29. The van der Waals surface area contributed by atoms with E-state index >= 15 is 0 Å².